The summed E-state index contributed by atoms with van der Waals surface area (Å²) in [7, 11) is 2.18. The lowest BCUT2D eigenvalue weighted by Gasteiger charge is -2.38. The Balaban J connectivity index is 1.32. The minimum atomic E-state index is 0.0403. The largest absolute Gasteiger partial charge is 0.369 e. The molecular weight excluding hydrogens is 456 g/mol. The maximum atomic E-state index is 13.3. The molecule has 0 amide bonds. The molecular formula is C32H36N4O. The van der Waals surface area contributed by atoms with Gasteiger partial charge in [-0.05, 0) is 84.3 Å². The van der Waals surface area contributed by atoms with Crippen molar-refractivity contribution in [3.05, 3.63) is 100 Å². The Morgan fingerprint density at radius 3 is 2.32 bits per heavy atom. The van der Waals surface area contributed by atoms with Crippen molar-refractivity contribution in [2.75, 3.05) is 43.4 Å². The third-order valence-corrected chi connectivity index (χ3v) is 8.36. The Labute approximate surface area is 219 Å². The Bertz CT molecular complexity index is 1480. The average Bonchev–Trinajstić information content (AvgIpc) is 2.90. The first kappa shape index (κ1) is 23.8. The van der Waals surface area contributed by atoms with Crippen LogP contribution in [0.2, 0.25) is 0 Å². The number of anilines is 3. The van der Waals surface area contributed by atoms with Crippen LogP contribution in [-0.2, 0) is 5.41 Å². The van der Waals surface area contributed by atoms with Gasteiger partial charge in [0.25, 0.3) is 5.56 Å². The predicted octanol–water partition coefficient (Wildman–Crippen LogP) is 6.16. The van der Waals surface area contributed by atoms with Crippen LogP contribution in [0.1, 0.15) is 43.9 Å². The van der Waals surface area contributed by atoms with Gasteiger partial charge in [0.1, 0.15) is 0 Å². The van der Waals surface area contributed by atoms with Gasteiger partial charge in [-0.25, -0.2) is 0 Å². The van der Waals surface area contributed by atoms with Crippen LogP contribution in [0.25, 0.3) is 10.9 Å². The number of nitrogens with one attached hydrogen (secondary N) is 1. The lowest BCUT2D eigenvalue weighted by atomic mass is 9.71. The zero-order valence-corrected chi connectivity index (χ0v) is 22.1. The third kappa shape index (κ3) is 4.53. The molecule has 1 aliphatic heterocycles. The molecule has 1 fully saturated rings. The molecule has 0 spiro atoms. The standard InChI is InChI=1S/C32H36N4O/c1-32(2)17-16-29(27-6-4-5-7-28(27)32)36-30-22-25(10-8-23(30)9-15-31(36)37)33-24-11-13-26(14-12-24)35-20-18-34(3)19-21-35/h4-15,22,29,33H,16-21H2,1-3H3. The molecule has 1 unspecified atom stereocenters. The molecule has 1 aromatic heterocycles. The van der Waals surface area contributed by atoms with Crippen molar-refractivity contribution in [1.82, 2.24) is 9.47 Å². The van der Waals surface area contributed by atoms with E-state index in [-0.39, 0.29) is 17.0 Å². The molecule has 37 heavy (non-hydrogen) atoms. The monoisotopic (exact) mass is 492 g/mol. The Hall–Kier alpha value is -3.57. The summed E-state index contributed by atoms with van der Waals surface area (Å²) in [5, 5.41) is 4.65. The fourth-order valence-corrected chi connectivity index (χ4v) is 6.10. The Morgan fingerprint density at radius 1 is 0.838 bits per heavy atom. The van der Waals surface area contributed by atoms with E-state index >= 15 is 0 Å². The number of nitrogens with zero attached hydrogens (tertiary/aromatic N) is 3. The lowest BCUT2D eigenvalue weighted by Crippen LogP contribution is -2.44. The topological polar surface area (TPSA) is 40.5 Å². The third-order valence-electron chi connectivity index (χ3n) is 8.36. The fraction of sp³-hybridized carbons (Fsp3) is 0.344. The quantitative estimate of drug-likeness (QED) is 0.371. The van der Waals surface area contributed by atoms with Crippen LogP contribution in [0.3, 0.4) is 0 Å². The van der Waals surface area contributed by atoms with E-state index in [1.165, 1.54) is 16.8 Å². The van der Waals surface area contributed by atoms with Gasteiger partial charge >= 0.3 is 0 Å². The van der Waals surface area contributed by atoms with Crippen LogP contribution >= 0.6 is 0 Å². The van der Waals surface area contributed by atoms with Crippen LogP contribution in [0, 0.1) is 0 Å². The van der Waals surface area contributed by atoms with Crippen LogP contribution in [-0.4, -0.2) is 42.7 Å². The van der Waals surface area contributed by atoms with Crippen molar-refractivity contribution in [1.29, 1.82) is 0 Å². The fourth-order valence-electron chi connectivity index (χ4n) is 6.10. The minimum absolute atomic E-state index is 0.0403. The number of pyridine rings is 1. The van der Waals surface area contributed by atoms with Gasteiger partial charge in [0, 0.05) is 49.3 Å². The van der Waals surface area contributed by atoms with E-state index in [0.29, 0.717) is 0 Å². The van der Waals surface area contributed by atoms with Gasteiger partial charge in [-0.3, -0.25) is 4.79 Å². The number of likely N-dealkylation sites (N-methyl/N-ethyl adjacent to an activating group) is 1. The number of fused-ring (bicyclic) bond motifs is 2. The van der Waals surface area contributed by atoms with Crippen LogP contribution in [0.5, 0.6) is 0 Å². The summed E-state index contributed by atoms with van der Waals surface area (Å²) in [4.78, 5) is 18.1. The highest BCUT2D eigenvalue weighted by Crippen LogP contribution is 2.43. The maximum Gasteiger partial charge on any atom is 0.251 e. The van der Waals surface area contributed by atoms with Crippen LogP contribution in [0.15, 0.2) is 83.7 Å². The van der Waals surface area contributed by atoms with E-state index in [9.17, 15) is 4.79 Å². The van der Waals surface area contributed by atoms with E-state index in [0.717, 1.165) is 61.3 Å². The number of benzene rings is 3. The highest BCUT2D eigenvalue weighted by atomic mass is 16.1. The van der Waals surface area contributed by atoms with E-state index in [1.54, 1.807) is 6.07 Å². The predicted molar refractivity (Wildman–Crippen MR) is 154 cm³/mol. The van der Waals surface area contributed by atoms with Crippen LogP contribution < -0.4 is 15.8 Å². The first-order valence-electron chi connectivity index (χ1n) is 13.4. The molecule has 1 aliphatic carbocycles. The zero-order chi connectivity index (χ0) is 25.6. The molecule has 6 rings (SSSR count). The van der Waals surface area contributed by atoms with Crippen molar-refractivity contribution >= 4 is 28.0 Å². The number of piperazine rings is 1. The molecule has 2 heterocycles. The molecule has 1 N–H and O–H groups in total. The second-order valence-electron chi connectivity index (χ2n) is 11.3. The maximum absolute atomic E-state index is 13.3. The van der Waals surface area contributed by atoms with Crippen molar-refractivity contribution in [2.45, 2.75) is 38.1 Å². The van der Waals surface area contributed by atoms with Crippen LogP contribution in [0.4, 0.5) is 17.1 Å². The van der Waals surface area contributed by atoms with E-state index < -0.39 is 0 Å². The van der Waals surface area contributed by atoms with Crippen molar-refractivity contribution in [2.24, 2.45) is 0 Å². The summed E-state index contributed by atoms with van der Waals surface area (Å²) in [6.45, 7) is 8.94. The molecule has 4 aromatic rings. The zero-order valence-electron chi connectivity index (χ0n) is 22.1. The first-order valence-corrected chi connectivity index (χ1v) is 13.4. The first-order chi connectivity index (χ1) is 17.9. The van der Waals surface area contributed by atoms with Crippen molar-refractivity contribution < 1.29 is 0 Å². The van der Waals surface area contributed by atoms with Gasteiger partial charge in [-0.1, -0.05) is 44.2 Å². The highest BCUT2D eigenvalue weighted by molar-refractivity contribution is 5.84. The number of hydrogen-bond donors (Lipinski definition) is 1. The summed E-state index contributed by atoms with van der Waals surface area (Å²) in [6, 6.07) is 27.4. The molecule has 1 saturated heterocycles. The Morgan fingerprint density at radius 2 is 1.54 bits per heavy atom. The van der Waals surface area contributed by atoms with Gasteiger partial charge in [0.05, 0.1) is 11.6 Å². The second-order valence-corrected chi connectivity index (χ2v) is 11.3. The van der Waals surface area contributed by atoms with Gasteiger partial charge in [0.15, 0.2) is 0 Å². The SMILES string of the molecule is CN1CCN(c2ccc(Nc3ccc4ccc(=O)n(C5CCC(C)(C)c6ccccc65)c4c3)cc2)CC1. The molecule has 0 bridgehead atoms. The second kappa shape index (κ2) is 9.38. The number of hydrogen-bond acceptors (Lipinski definition) is 4. The summed E-state index contributed by atoms with van der Waals surface area (Å²) in [5.41, 5.74) is 7.08. The van der Waals surface area contributed by atoms with Crippen molar-refractivity contribution in [3.63, 3.8) is 0 Å². The van der Waals surface area contributed by atoms with Crippen molar-refractivity contribution in [3.8, 4) is 0 Å². The molecule has 1 atom stereocenters. The van der Waals surface area contributed by atoms with E-state index in [1.807, 2.05) is 10.6 Å². The molecule has 5 heteroatoms. The molecule has 190 valence electrons. The van der Waals surface area contributed by atoms with Gasteiger partial charge in [-0.2, -0.15) is 0 Å². The summed E-state index contributed by atoms with van der Waals surface area (Å²) >= 11 is 0. The molecule has 0 saturated carbocycles. The van der Waals surface area contributed by atoms with E-state index in [2.05, 4.69) is 103 Å². The van der Waals surface area contributed by atoms with Gasteiger partial charge < -0.3 is 19.7 Å². The number of aromatic nitrogens is 1. The molecule has 0 radical (unpaired) electrons. The molecule has 5 nitrogen and oxygen atoms in total. The normalized spacial score (nSPS) is 19.5. The summed E-state index contributed by atoms with van der Waals surface area (Å²) in [6.07, 6.45) is 2.00. The molecule has 3 aromatic carbocycles. The Kier molecular flexibility index (Phi) is 6.04. The van der Waals surface area contributed by atoms with Gasteiger partial charge in [0.2, 0.25) is 0 Å². The van der Waals surface area contributed by atoms with Gasteiger partial charge in [-0.15, -0.1) is 0 Å². The van der Waals surface area contributed by atoms with E-state index in [4.69, 9.17) is 0 Å². The summed E-state index contributed by atoms with van der Waals surface area (Å²) in [5.74, 6) is 0. The smallest absolute Gasteiger partial charge is 0.251 e. The lowest BCUT2D eigenvalue weighted by molar-refractivity contribution is 0.313. The molecule has 2 aliphatic rings. The highest BCUT2D eigenvalue weighted by Gasteiger charge is 2.33. The minimum Gasteiger partial charge on any atom is -0.369 e. The summed E-state index contributed by atoms with van der Waals surface area (Å²) < 4.78 is 2.02. The average molecular weight is 493 g/mol. The number of rotatable bonds is 4.